The Morgan fingerprint density at radius 2 is 2.00 bits per heavy atom. The monoisotopic (exact) mass is 258 g/mol. The molecule has 2 atom stereocenters. The summed E-state index contributed by atoms with van der Waals surface area (Å²) < 4.78 is 26.6. The molecule has 3 heterocycles. The molecule has 0 radical (unpaired) electrons. The highest BCUT2D eigenvalue weighted by Crippen LogP contribution is 2.31. The number of hydrogen-bond donors (Lipinski definition) is 1. The molecule has 1 aromatic heterocycles. The van der Waals surface area contributed by atoms with Gasteiger partial charge in [0.15, 0.2) is 0 Å². The van der Waals surface area contributed by atoms with Crippen LogP contribution in [0.4, 0.5) is 0 Å². The molecular formula is C10H14N2O2S2. The molecule has 0 saturated carbocycles. The highest BCUT2D eigenvalue weighted by atomic mass is 32.2. The molecule has 0 aliphatic carbocycles. The normalized spacial score (nSPS) is 30.8. The van der Waals surface area contributed by atoms with Crippen molar-refractivity contribution in [1.29, 1.82) is 0 Å². The average molecular weight is 258 g/mol. The van der Waals surface area contributed by atoms with Crippen molar-refractivity contribution in [2.24, 2.45) is 11.8 Å². The topological polar surface area (TPSA) is 49.4 Å². The number of sulfonamides is 1. The quantitative estimate of drug-likeness (QED) is 0.844. The Hall–Kier alpha value is -0.430. The lowest BCUT2D eigenvalue weighted by Crippen LogP contribution is -2.31. The van der Waals surface area contributed by atoms with Gasteiger partial charge in [-0.3, -0.25) is 0 Å². The third kappa shape index (κ3) is 1.60. The summed E-state index contributed by atoms with van der Waals surface area (Å²) in [6, 6.07) is 3.47. The molecule has 0 bridgehead atoms. The summed E-state index contributed by atoms with van der Waals surface area (Å²) in [5.74, 6) is 1.02. The Morgan fingerprint density at radius 1 is 1.31 bits per heavy atom. The van der Waals surface area contributed by atoms with Gasteiger partial charge >= 0.3 is 0 Å². The minimum absolute atomic E-state index is 0.473. The van der Waals surface area contributed by atoms with Gasteiger partial charge in [0.2, 0.25) is 0 Å². The summed E-state index contributed by atoms with van der Waals surface area (Å²) in [6.07, 6.45) is 0. The van der Waals surface area contributed by atoms with Gasteiger partial charge in [-0.1, -0.05) is 6.07 Å². The van der Waals surface area contributed by atoms with Crippen LogP contribution in [0.3, 0.4) is 0 Å². The molecule has 2 aliphatic heterocycles. The fraction of sp³-hybridized carbons (Fsp3) is 0.600. The lowest BCUT2D eigenvalue weighted by molar-refractivity contribution is 0.449. The first kappa shape index (κ1) is 10.7. The molecule has 2 fully saturated rings. The van der Waals surface area contributed by atoms with Gasteiger partial charge in [-0.2, -0.15) is 4.31 Å². The molecule has 2 aliphatic rings. The van der Waals surface area contributed by atoms with Crippen molar-refractivity contribution in [2.45, 2.75) is 4.21 Å². The largest absolute Gasteiger partial charge is 0.316 e. The first-order chi connectivity index (χ1) is 7.68. The van der Waals surface area contributed by atoms with Gasteiger partial charge in [0.1, 0.15) is 4.21 Å². The molecule has 1 aromatic rings. The van der Waals surface area contributed by atoms with Crippen LogP contribution in [-0.4, -0.2) is 38.9 Å². The maximum absolute atomic E-state index is 12.2. The molecule has 6 heteroatoms. The van der Waals surface area contributed by atoms with Gasteiger partial charge in [-0.05, 0) is 36.4 Å². The van der Waals surface area contributed by atoms with E-state index in [1.54, 1.807) is 16.4 Å². The van der Waals surface area contributed by atoms with E-state index in [1.165, 1.54) is 11.3 Å². The number of nitrogens with one attached hydrogen (secondary N) is 1. The number of hydrogen-bond acceptors (Lipinski definition) is 4. The second-order valence-corrected chi connectivity index (χ2v) is 7.54. The molecule has 0 amide bonds. The molecule has 16 heavy (non-hydrogen) atoms. The number of fused-ring (bicyclic) bond motifs is 1. The van der Waals surface area contributed by atoms with Crippen molar-refractivity contribution in [3.05, 3.63) is 17.5 Å². The van der Waals surface area contributed by atoms with E-state index in [0.29, 0.717) is 29.1 Å². The summed E-state index contributed by atoms with van der Waals surface area (Å²) in [7, 11) is -3.21. The van der Waals surface area contributed by atoms with Crippen LogP contribution < -0.4 is 5.32 Å². The minimum Gasteiger partial charge on any atom is -0.316 e. The van der Waals surface area contributed by atoms with Crippen LogP contribution in [0.1, 0.15) is 0 Å². The highest BCUT2D eigenvalue weighted by Gasteiger charge is 2.41. The van der Waals surface area contributed by atoms with E-state index in [-0.39, 0.29) is 0 Å². The fourth-order valence-corrected chi connectivity index (χ4v) is 5.24. The minimum atomic E-state index is -3.21. The zero-order chi connectivity index (χ0) is 11.2. The zero-order valence-electron chi connectivity index (χ0n) is 8.80. The predicted octanol–water partition coefficient (Wildman–Crippen LogP) is 0.588. The Kier molecular flexibility index (Phi) is 2.54. The van der Waals surface area contributed by atoms with Gasteiger partial charge in [0, 0.05) is 13.1 Å². The summed E-state index contributed by atoms with van der Waals surface area (Å²) in [4.78, 5) is 0. The van der Waals surface area contributed by atoms with E-state index in [9.17, 15) is 8.42 Å². The van der Waals surface area contributed by atoms with E-state index >= 15 is 0 Å². The maximum atomic E-state index is 12.2. The van der Waals surface area contributed by atoms with E-state index in [1.807, 2.05) is 5.38 Å². The predicted molar refractivity (Wildman–Crippen MR) is 62.9 cm³/mol. The Labute approximate surface area is 99.3 Å². The van der Waals surface area contributed by atoms with E-state index in [4.69, 9.17) is 0 Å². The summed E-state index contributed by atoms with van der Waals surface area (Å²) in [5, 5.41) is 5.12. The van der Waals surface area contributed by atoms with E-state index in [0.717, 1.165) is 13.1 Å². The van der Waals surface area contributed by atoms with E-state index < -0.39 is 10.0 Å². The van der Waals surface area contributed by atoms with E-state index in [2.05, 4.69) is 5.32 Å². The lowest BCUT2D eigenvalue weighted by Gasteiger charge is -2.15. The second-order valence-electron chi connectivity index (χ2n) is 4.43. The van der Waals surface area contributed by atoms with Crippen molar-refractivity contribution in [3.63, 3.8) is 0 Å². The van der Waals surface area contributed by atoms with Crippen LogP contribution in [0, 0.1) is 11.8 Å². The molecule has 3 rings (SSSR count). The molecule has 0 unspecified atom stereocenters. The average Bonchev–Trinajstić information content (AvgIpc) is 2.94. The van der Waals surface area contributed by atoms with Crippen molar-refractivity contribution in [3.8, 4) is 0 Å². The van der Waals surface area contributed by atoms with Gasteiger partial charge in [-0.15, -0.1) is 11.3 Å². The number of rotatable bonds is 2. The van der Waals surface area contributed by atoms with Crippen molar-refractivity contribution in [1.82, 2.24) is 9.62 Å². The first-order valence-electron chi connectivity index (χ1n) is 5.42. The molecule has 1 N–H and O–H groups in total. The maximum Gasteiger partial charge on any atom is 0.252 e. The summed E-state index contributed by atoms with van der Waals surface area (Å²) in [5.41, 5.74) is 0. The van der Waals surface area contributed by atoms with Crippen LogP contribution in [0.2, 0.25) is 0 Å². The molecule has 0 aromatic carbocycles. The van der Waals surface area contributed by atoms with Crippen molar-refractivity contribution >= 4 is 21.4 Å². The third-order valence-corrected chi connectivity index (χ3v) is 6.65. The molecule has 4 nitrogen and oxygen atoms in total. The van der Waals surface area contributed by atoms with Gasteiger partial charge < -0.3 is 5.32 Å². The van der Waals surface area contributed by atoms with Crippen LogP contribution in [0.25, 0.3) is 0 Å². The third-order valence-electron chi connectivity index (χ3n) is 3.45. The lowest BCUT2D eigenvalue weighted by atomic mass is 10.0. The number of thiophene rings is 1. The van der Waals surface area contributed by atoms with Gasteiger partial charge in [0.25, 0.3) is 10.0 Å². The summed E-state index contributed by atoms with van der Waals surface area (Å²) >= 11 is 1.30. The smallest absolute Gasteiger partial charge is 0.252 e. The second kappa shape index (κ2) is 3.80. The Morgan fingerprint density at radius 3 is 2.56 bits per heavy atom. The highest BCUT2D eigenvalue weighted by molar-refractivity contribution is 7.91. The first-order valence-corrected chi connectivity index (χ1v) is 7.74. The van der Waals surface area contributed by atoms with Crippen LogP contribution >= 0.6 is 11.3 Å². The fourth-order valence-electron chi connectivity index (χ4n) is 2.55. The molecule has 2 saturated heterocycles. The Balaban J connectivity index is 1.85. The molecule has 0 spiro atoms. The summed E-state index contributed by atoms with van der Waals surface area (Å²) in [6.45, 7) is 3.28. The van der Waals surface area contributed by atoms with Crippen LogP contribution in [-0.2, 0) is 10.0 Å². The van der Waals surface area contributed by atoms with Crippen LogP contribution in [0.15, 0.2) is 21.7 Å². The zero-order valence-corrected chi connectivity index (χ0v) is 10.4. The SMILES string of the molecule is O=S(=O)(c1cccs1)N1C[C@H]2CNC[C@H]2C1. The standard InChI is InChI=1S/C10H14N2O2S2/c13-16(14,10-2-1-3-15-10)12-6-8-4-11-5-9(8)7-12/h1-3,8-9,11H,4-7H2/t8-,9+. The number of nitrogens with zero attached hydrogens (tertiary/aromatic N) is 1. The van der Waals surface area contributed by atoms with Crippen LogP contribution in [0.5, 0.6) is 0 Å². The van der Waals surface area contributed by atoms with Crippen molar-refractivity contribution < 1.29 is 8.42 Å². The van der Waals surface area contributed by atoms with Gasteiger partial charge in [-0.25, -0.2) is 8.42 Å². The molecule has 88 valence electrons. The Bertz CT molecular complexity index is 457. The van der Waals surface area contributed by atoms with Gasteiger partial charge in [0.05, 0.1) is 0 Å². The molecular weight excluding hydrogens is 244 g/mol. The van der Waals surface area contributed by atoms with Crippen molar-refractivity contribution in [2.75, 3.05) is 26.2 Å².